The molecule has 1 amide bonds. The van der Waals surface area contributed by atoms with E-state index < -0.39 is 0 Å². The second-order valence-corrected chi connectivity index (χ2v) is 4.78. The van der Waals surface area contributed by atoms with Crippen LogP contribution in [0.3, 0.4) is 0 Å². The molecule has 0 fully saturated rings. The van der Waals surface area contributed by atoms with Crippen molar-refractivity contribution in [3.05, 3.63) is 60.7 Å². The van der Waals surface area contributed by atoms with Gasteiger partial charge in [0.25, 0.3) is 0 Å². The highest BCUT2D eigenvalue weighted by Crippen LogP contribution is 2.22. The molecular weight excluding hydrogens is 278 g/mol. The molecular formula is C16H15N5O. The molecule has 3 rings (SSSR count). The summed E-state index contributed by atoms with van der Waals surface area (Å²) in [7, 11) is 0. The number of benzene rings is 1. The predicted molar refractivity (Wildman–Crippen MR) is 83.0 cm³/mol. The zero-order valence-corrected chi connectivity index (χ0v) is 11.9. The number of hydrogen-bond donors (Lipinski definition) is 2. The summed E-state index contributed by atoms with van der Waals surface area (Å²) in [5.74, 6) is -0.0598. The lowest BCUT2D eigenvalue weighted by molar-refractivity contribution is -0.116. The van der Waals surface area contributed by atoms with Gasteiger partial charge in [0.2, 0.25) is 5.91 Å². The Morgan fingerprint density at radius 3 is 2.77 bits per heavy atom. The lowest BCUT2D eigenvalue weighted by Gasteiger charge is -2.05. The molecule has 0 spiro atoms. The lowest BCUT2D eigenvalue weighted by Crippen LogP contribution is -2.12. The highest BCUT2D eigenvalue weighted by Gasteiger charge is 2.11. The normalized spacial score (nSPS) is 10.4. The van der Waals surface area contributed by atoms with Crippen LogP contribution >= 0.6 is 0 Å². The number of carbonyl (C=O) groups excluding carboxylic acids is 1. The van der Waals surface area contributed by atoms with Gasteiger partial charge in [-0.2, -0.15) is 5.10 Å². The Kier molecular flexibility index (Phi) is 4.20. The molecule has 0 bridgehead atoms. The second-order valence-electron chi connectivity index (χ2n) is 4.78. The van der Waals surface area contributed by atoms with Crippen LogP contribution < -0.4 is 5.32 Å². The molecule has 0 saturated heterocycles. The summed E-state index contributed by atoms with van der Waals surface area (Å²) in [6, 6.07) is 9.92. The molecule has 22 heavy (non-hydrogen) atoms. The first-order valence-electron chi connectivity index (χ1n) is 6.96. The van der Waals surface area contributed by atoms with Gasteiger partial charge in [0.1, 0.15) is 11.4 Å². The number of rotatable bonds is 5. The average Bonchev–Trinajstić information content (AvgIpc) is 3.03. The molecule has 6 nitrogen and oxygen atoms in total. The van der Waals surface area contributed by atoms with Crippen molar-refractivity contribution in [2.75, 3.05) is 5.32 Å². The molecule has 110 valence electrons. The zero-order chi connectivity index (χ0) is 15.2. The second kappa shape index (κ2) is 6.62. The van der Waals surface area contributed by atoms with Crippen molar-refractivity contribution in [3.63, 3.8) is 0 Å². The molecule has 0 aliphatic carbocycles. The lowest BCUT2D eigenvalue weighted by atomic mass is 10.1. The van der Waals surface area contributed by atoms with E-state index in [2.05, 4.69) is 25.5 Å². The third kappa shape index (κ3) is 3.35. The van der Waals surface area contributed by atoms with Crippen molar-refractivity contribution in [2.45, 2.75) is 12.8 Å². The van der Waals surface area contributed by atoms with E-state index in [9.17, 15) is 4.79 Å². The number of H-pyrrole nitrogens is 1. The Bertz CT molecular complexity index is 739. The molecule has 0 atom stereocenters. The highest BCUT2D eigenvalue weighted by molar-refractivity contribution is 5.94. The Balaban J connectivity index is 1.64. The van der Waals surface area contributed by atoms with Crippen molar-refractivity contribution >= 4 is 11.6 Å². The number of nitrogens with one attached hydrogen (secondary N) is 2. The number of hydrogen-bond acceptors (Lipinski definition) is 4. The minimum Gasteiger partial charge on any atom is -0.323 e. The number of amides is 1. The SMILES string of the molecule is O=C(CCc1ccccc1)Nc1cn[nH]c1-c1cnccn1. The Labute approximate surface area is 127 Å². The Hall–Kier alpha value is -3.02. The van der Waals surface area contributed by atoms with E-state index in [4.69, 9.17) is 0 Å². The number of aromatic amines is 1. The third-order valence-electron chi connectivity index (χ3n) is 3.22. The van der Waals surface area contributed by atoms with Crippen LogP contribution in [-0.4, -0.2) is 26.1 Å². The molecule has 3 aromatic rings. The Morgan fingerprint density at radius 2 is 2.00 bits per heavy atom. The van der Waals surface area contributed by atoms with Crippen molar-refractivity contribution in [1.82, 2.24) is 20.2 Å². The van der Waals surface area contributed by atoms with Crippen molar-refractivity contribution in [2.24, 2.45) is 0 Å². The van der Waals surface area contributed by atoms with E-state index >= 15 is 0 Å². The van der Waals surface area contributed by atoms with Gasteiger partial charge in [-0.05, 0) is 12.0 Å². The molecule has 2 heterocycles. The van der Waals surface area contributed by atoms with Gasteiger partial charge in [-0.25, -0.2) is 0 Å². The number of anilines is 1. The summed E-state index contributed by atoms with van der Waals surface area (Å²) in [4.78, 5) is 20.3. The van der Waals surface area contributed by atoms with Crippen molar-refractivity contribution < 1.29 is 4.79 Å². The quantitative estimate of drug-likeness (QED) is 0.756. The molecule has 6 heteroatoms. The first-order chi connectivity index (χ1) is 10.8. The van der Waals surface area contributed by atoms with Gasteiger partial charge in [-0.1, -0.05) is 30.3 Å². The highest BCUT2D eigenvalue weighted by atomic mass is 16.1. The Morgan fingerprint density at radius 1 is 1.14 bits per heavy atom. The maximum Gasteiger partial charge on any atom is 0.224 e. The van der Waals surface area contributed by atoms with Crippen LogP contribution in [0.15, 0.2) is 55.1 Å². The smallest absolute Gasteiger partial charge is 0.224 e. The van der Waals surface area contributed by atoms with E-state index in [-0.39, 0.29) is 5.91 Å². The van der Waals surface area contributed by atoms with E-state index in [1.54, 1.807) is 24.8 Å². The first-order valence-corrected chi connectivity index (χ1v) is 6.96. The number of nitrogens with zero attached hydrogens (tertiary/aromatic N) is 3. The zero-order valence-electron chi connectivity index (χ0n) is 11.9. The number of carbonyl (C=O) groups is 1. The molecule has 0 aliphatic rings. The van der Waals surface area contributed by atoms with Crippen molar-refractivity contribution in [3.8, 4) is 11.4 Å². The maximum absolute atomic E-state index is 12.1. The number of aryl methyl sites for hydroxylation is 1. The van der Waals surface area contributed by atoms with E-state index in [0.29, 0.717) is 29.9 Å². The summed E-state index contributed by atoms with van der Waals surface area (Å²) in [6.45, 7) is 0. The summed E-state index contributed by atoms with van der Waals surface area (Å²) in [5, 5.41) is 9.66. The van der Waals surface area contributed by atoms with Gasteiger partial charge >= 0.3 is 0 Å². The van der Waals surface area contributed by atoms with Gasteiger partial charge < -0.3 is 5.32 Å². The third-order valence-corrected chi connectivity index (χ3v) is 3.22. The van der Waals surface area contributed by atoms with Crippen molar-refractivity contribution in [1.29, 1.82) is 0 Å². The molecule has 0 saturated carbocycles. The summed E-state index contributed by atoms with van der Waals surface area (Å²) in [5.41, 5.74) is 3.04. The molecule has 2 aromatic heterocycles. The van der Waals surface area contributed by atoms with Crippen LogP contribution in [0.4, 0.5) is 5.69 Å². The van der Waals surface area contributed by atoms with Crippen LogP contribution in [0.5, 0.6) is 0 Å². The van der Waals surface area contributed by atoms with E-state index in [1.807, 2.05) is 30.3 Å². The standard InChI is InChI=1S/C16H15N5O/c22-15(7-6-12-4-2-1-3-5-12)20-14-11-19-21-16(14)13-10-17-8-9-18-13/h1-5,8-11H,6-7H2,(H,19,21)(H,20,22). The fourth-order valence-electron chi connectivity index (χ4n) is 2.12. The van der Waals surface area contributed by atoms with E-state index in [1.165, 1.54) is 0 Å². The summed E-state index contributed by atoms with van der Waals surface area (Å²) < 4.78 is 0. The average molecular weight is 293 g/mol. The van der Waals surface area contributed by atoms with Gasteiger partial charge in [0.15, 0.2) is 0 Å². The molecule has 0 unspecified atom stereocenters. The number of aromatic nitrogens is 4. The minimum atomic E-state index is -0.0598. The topological polar surface area (TPSA) is 83.6 Å². The summed E-state index contributed by atoms with van der Waals surface area (Å²) in [6.07, 6.45) is 7.49. The van der Waals surface area contributed by atoms with Crippen LogP contribution in [0, 0.1) is 0 Å². The summed E-state index contributed by atoms with van der Waals surface area (Å²) >= 11 is 0. The largest absolute Gasteiger partial charge is 0.323 e. The molecule has 1 aromatic carbocycles. The first kappa shape index (κ1) is 13.9. The van der Waals surface area contributed by atoms with Gasteiger partial charge in [0, 0.05) is 18.8 Å². The van der Waals surface area contributed by atoms with Crippen LogP contribution in [0.25, 0.3) is 11.4 Å². The predicted octanol–water partition coefficient (Wildman–Crippen LogP) is 2.44. The van der Waals surface area contributed by atoms with Crippen LogP contribution in [0.2, 0.25) is 0 Å². The minimum absolute atomic E-state index is 0.0598. The van der Waals surface area contributed by atoms with Crippen LogP contribution in [0.1, 0.15) is 12.0 Å². The maximum atomic E-state index is 12.1. The molecule has 0 aliphatic heterocycles. The van der Waals surface area contributed by atoms with E-state index in [0.717, 1.165) is 5.56 Å². The van der Waals surface area contributed by atoms with Gasteiger partial charge in [0.05, 0.1) is 18.1 Å². The molecule has 2 N–H and O–H groups in total. The fraction of sp³-hybridized carbons (Fsp3) is 0.125. The van der Waals surface area contributed by atoms with Gasteiger partial charge in [-0.3, -0.25) is 19.9 Å². The monoisotopic (exact) mass is 293 g/mol. The van der Waals surface area contributed by atoms with Crippen LogP contribution in [-0.2, 0) is 11.2 Å². The fourth-order valence-corrected chi connectivity index (χ4v) is 2.12. The van der Waals surface area contributed by atoms with Gasteiger partial charge in [-0.15, -0.1) is 0 Å². The molecule has 0 radical (unpaired) electrons.